The van der Waals surface area contributed by atoms with Gasteiger partial charge in [-0.2, -0.15) is 13.9 Å². The Hall–Kier alpha value is -1.80. The Morgan fingerprint density at radius 2 is 2.04 bits per heavy atom. The highest BCUT2D eigenvalue weighted by Crippen LogP contribution is 2.32. The quantitative estimate of drug-likeness (QED) is 0.855. The van der Waals surface area contributed by atoms with Gasteiger partial charge < -0.3 is 10.2 Å². The van der Waals surface area contributed by atoms with Crippen molar-refractivity contribution in [1.82, 2.24) is 24.8 Å². The molecule has 0 atom stereocenters. The van der Waals surface area contributed by atoms with E-state index in [1.807, 2.05) is 7.05 Å². The predicted octanol–water partition coefficient (Wildman–Crippen LogP) is 2.15. The molecule has 2 aromatic rings. The van der Waals surface area contributed by atoms with E-state index in [0.29, 0.717) is 5.69 Å². The van der Waals surface area contributed by atoms with Gasteiger partial charge in [-0.15, -0.1) is 0 Å². The molecule has 1 N–H and O–H groups in total. The van der Waals surface area contributed by atoms with Crippen LogP contribution in [0.4, 0.5) is 8.78 Å². The zero-order valence-electron chi connectivity index (χ0n) is 13.4. The van der Waals surface area contributed by atoms with Crippen LogP contribution in [0.5, 0.6) is 0 Å². The number of rotatable bonds is 3. The number of carbonyl (C=O) groups is 1. The van der Waals surface area contributed by atoms with Crippen molar-refractivity contribution < 1.29 is 13.6 Å². The Morgan fingerprint density at radius 1 is 1.38 bits per heavy atom. The molecule has 1 saturated heterocycles. The number of aryl methyl sites for hydroxylation is 1. The number of aromatic nitrogens is 3. The van der Waals surface area contributed by atoms with Crippen molar-refractivity contribution in [1.29, 1.82) is 0 Å². The topological polar surface area (TPSA) is 62.5 Å². The second-order valence-corrected chi connectivity index (χ2v) is 6.61. The van der Waals surface area contributed by atoms with Gasteiger partial charge in [0, 0.05) is 17.8 Å². The molecule has 0 aliphatic carbocycles. The van der Waals surface area contributed by atoms with Crippen LogP contribution in [0.15, 0.2) is 12.1 Å². The van der Waals surface area contributed by atoms with Crippen LogP contribution in [0, 0.1) is 6.92 Å². The molecule has 2 aromatic heterocycles. The zero-order chi connectivity index (χ0) is 17.5. The molecule has 3 rings (SSSR count). The number of carbonyl (C=O) groups excluding carboxylic acids is 1. The van der Waals surface area contributed by atoms with E-state index in [9.17, 15) is 13.6 Å². The van der Waals surface area contributed by atoms with Gasteiger partial charge in [0.15, 0.2) is 11.3 Å². The number of hydrogen-bond donors (Lipinski definition) is 1. The van der Waals surface area contributed by atoms with Crippen LogP contribution in [0.3, 0.4) is 0 Å². The van der Waals surface area contributed by atoms with Crippen LogP contribution in [0.2, 0.25) is 0 Å². The van der Waals surface area contributed by atoms with E-state index in [2.05, 4.69) is 20.3 Å². The standard InChI is InChI=1S/C15H18ClF2N5O/c1-9-7-12(15(16,17)18)23-13(19-9)8-11(21-23)14(24)20-10-3-5-22(2)6-4-10/h7-8,10H,3-6H2,1-2H3,(H,20,24). The van der Waals surface area contributed by atoms with Crippen LogP contribution in [-0.4, -0.2) is 51.6 Å². The third-order valence-corrected chi connectivity index (χ3v) is 4.33. The molecule has 24 heavy (non-hydrogen) atoms. The average Bonchev–Trinajstić information content (AvgIpc) is 2.91. The summed E-state index contributed by atoms with van der Waals surface area (Å²) >= 11 is 5.14. The van der Waals surface area contributed by atoms with Gasteiger partial charge in [-0.25, -0.2) is 9.50 Å². The van der Waals surface area contributed by atoms with E-state index < -0.39 is 17.0 Å². The van der Waals surface area contributed by atoms with E-state index >= 15 is 0 Å². The Balaban J connectivity index is 1.86. The lowest BCUT2D eigenvalue weighted by Gasteiger charge is -2.29. The van der Waals surface area contributed by atoms with Crippen molar-refractivity contribution in [2.45, 2.75) is 31.2 Å². The minimum absolute atomic E-state index is 0.0502. The first kappa shape index (κ1) is 17.0. The normalized spacial score (nSPS) is 17.4. The van der Waals surface area contributed by atoms with Crippen molar-refractivity contribution in [2.75, 3.05) is 20.1 Å². The van der Waals surface area contributed by atoms with Gasteiger partial charge in [0.05, 0.1) is 0 Å². The summed E-state index contributed by atoms with van der Waals surface area (Å²) in [5.41, 5.74) is 0.0815. The highest BCUT2D eigenvalue weighted by molar-refractivity contribution is 6.21. The number of likely N-dealkylation sites (tertiary alicyclic amines) is 1. The fourth-order valence-corrected chi connectivity index (χ4v) is 2.96. The number of nitrogens with one attached hydrogen (secondary N) is 1. The summed E-state index contributed by atoms with van der Waals surface area (Å²) in [4.78, 5) is 18.7. The van der Waals surface area contributed by atoms with E-state index in [1.54, 1.807) is 6.92 Å². The van der Waals surface area contributed by atoms with Gasteiger partial charge in [-0.3, -0.25) is 4.79 Å². The molecule has 1 amide bonds. The van der Waals surface area contributed by atoms with E-state index in [0.717, 1.165) is 36.5 Å². The molecule has 0 spiro atoms. The average molecular weight is 358 g/mol. The summed E-state index contributed by atoms with van der Waals surface area (Å²) < 4.78 is 28.0. The Labute approximate surface area is 142 Å². The van der Waals surface area contributed by atoms with E-state index in [4.69, 9.17) is 11.6 Å². The second kappa shape index (κ2) is 6.25. The molecule has 0 radical (unpaired) electrons. The summed E-state index contributed by atoms with van der Waals surface area (Å²) in [7, 11) is 2.03. The van der Waals surface area contributed by atoms with Gasteiger partial charge in [0.2, 0.25) is 0 Å². The second-order valence-electron chi connectivity index (χ2n) is 6.13. The molecule has 3 heterocycles. The minimum Gasteiger partial charge on any atom is -0.348 e. The number of amides is 1. The predicted molar refractivity (Wildman–Crippen MR) is 85.5 cm³/mol. The fourth-order valence-electron chi connectivity index (χ4n) is 2.83. The van der Waals surface area contributed by atoms with Gasteiger partial charge >= 0.3 is 5.38 Å². The lowest BCUT2D eigenvalue weighted by molar-refractivity contribution is 0.0860. The maximum atomic E-state index is 13.6. The Kier molecular flexibility index (Phi) is 4.44. The molecule has 6 nitrogen and oxygen atoms in total. The molecule has 1 aliphatic heterocycles. The number of alkyl halides is 3. The van der Waals surface area contributed by atoms with Crippen molar-refractivity contribution in [3.05, 3.63) is 29.2 Å². The van der Waals surface area contributed by atoms with Crippen molar-refractivity contribution >= 4 is 23.2 Å². The summed E-state index contributed by atoms with van der Waals surface area (Å²) in [6, 6.07) is 2.61. The van der Waals surface area contributed by atoms with Crippen molar-refractivity contribution in [3.8, 4) is 0 Å². The van der Waals surface area contributed by atoms with Gasteiger partial charge in [0.1, 0.15) is 5.69 Å². The lowest BCUT2D eigenvalue weighted by atomic mass is 10.1. The van der Waals surface area contributed by atoms with Crippen LogP contribution < -0.4 is 5.32 Å². The van der Waals surface area contributed by atoms with Crippen LogP contribution >= 0.6 is 11.6 Å². The van der Waals surface area contributed by atoms with E-state index in [-0.39, 0.29) is 17.4 Å². The summed E-state index contributed by atoms with van der Waals surface area (Å²) in [6.07, 6.45) is 1.69. The monoisotopic (exact) mass is 357 g/mol. The van der Waals surface area contributed by atoms with Crippen LogP contribution in [0.25, 0.3) is 5.65 Å². The maximum absolute atomic E-state index is 13.6. The first-order chi connectivity index (χ1) is 11.2. The fraction of sp³-hybridized carbons (Fsp3) is 0.533. The molecular weight excluding hydrogens is 340 g/mol. The van der Waals surface area contributed by atoms with Crippen LogP contribution in [-0.2, 0) is 5.38 Å². The first-order valence-electron chi connectivity index (χ1n) is 7.68. The summed E-state index contributed by atoms with van der Waals surface area (Å²) in [6.45, 7) is 3.39. The van der Waals surface area contributed by atoms with Gasteiger partial charge in [0.25, 0.3) is 5.91 Å². The molecule has 1 fully saturated rings. The molecule has 0 unspecified atom stereocenters. The van der Waals surface area contributed by atoms with Crippen molar-refractivity contribution in [3.63, 3.8) is 0 Å². The minimum atomic E-state index is -3.60. The Morgan fingerprint density at radius 3 is 2.67 bits per heavy atom. The zero-order valence-corrected chi connectivity index (χ0v) is 14.1. The maximum Gasteiger partial charge on any atom is 0.364 e. The third kappa shape index (κ3) is 3.49. The summed E-state index contributed by atoms with van der Waals surface area (Å²) in [5, 5.41) is 3.27. The first-order valence-corrected chi connectivity index (χ1v) is 8.06. The Bertz CT molecular complexity index is 765. The molecule has 9 heteroatoms. The number of nitrogens with zero attached hydrogens (tertiary/aromatic N) is 4. The lowest BCUT2D eigenvalue weighted by Crippen LogP contribution is -2.43. The molecule has 130 valence electrons. The van der Waals surface area contributed by atoms with E-state index in [1.165, 1.54) is 6.07 Å². The largest absolute Gasteiger partial charge is 0.364 e. The highest BCUT2D eigenvalue weighted by atomic mass is 35.5. The molecule has 0 bridgehead atoms. The van der Waals surface area contributed by atoms with Gasteiger partial charge in [-0.1, -0.05) is 0 Å². The van der Waals surface area contributed by atoms with Crippen molar-refractivity contribution in [2.24, 2.45) is 0 Å². The number of hydrogen-bond acceptors (Lipinski definition) is 4. The highest BCUT2D eigenvalue weighted by Gasteiger charge is 2.33. The van der Waals surface area contributed by atoms with Crippen LogP contribution in [0.1, 0.15) is 34.7 Å². The SMILES string of the molecule is Cc1cc(C(F)(F)Cl)n2nc(C(=O)NC3CCN(C)CC3)cc2n1. The molecule has 1 aliphatic rings. The summed E-state index contributed by atoms with van der Waals surface area (Å²) in [5.74, 6) is -0.392. The number of fused-ring (bicyclic) bond motifs is 1. The molecular formula is C15H18ClF2N5O. The molecule has 0 aromatic carbocycles. The third-order valence-electron chi connectivity index (χ3n) is 4.13. The number of halogens is 3. The molecule has 0 saturated carbocycles. The number of piperidine rings is 1. The van der Waals surface area contributed by atoms with Gasteiger partial charge in [-0.05, 0) is 57.6 Å². The smallest absolute Gasteiger partial charge is 0.348 e.